The topological polar surface area (TPSA) is 124 Å². The smallest absolute Gasteiger partial charge is 0.448 e. The van der Waals surface area contributed by atoms with Crippen LogP contribution in [0.1, 0.15) is 32.2 Å². The van der Waals surface area contributed by atoms with Gasteiger partial charge < -0.3 is 15.8 Å². The summed E-state index contributed by atoms with van der Waals surface area (Å²) in [6.45, 7) is -0.139. The van der Waals surface area contributed by atoms with Gasteiger partial charge in [-0.05, 0) is 17.7 Å². The van der Waals surface area contributed by atoms with Gasteiger partial charge in [-0.3, -0.25) is 9.59 Å². The second-order valence-electron chi connectivity index (χ2n) is 5.47. The van der Waals surface area contributed by atoms with Crippen molar-refractivity contribution in [1.82, 2.24) is 15.3 Å². The number of primary amides is 1. The van der Waals surface area contributed by atoms with E-state index in [1.165, 1.54) is 18.2 Å². The lowest BCUT2D eigenvalue weighted by atomic mass is 10.0. The first-order valence-electron chi connectivity index (χ1n) is 7.52. The summed E-state index contributed by atoms with van der Waals surface area (Å²) in [6, 6.07) is 4.10. The van der Waals surface area contributed by atoms with Crippen LogP contribution < -0.4 is 11.1 Å². The van der Waals surface area contributed by atoms with E-state index < -0.39 is 29.8 Å². The average molecular weight is 380 g/mol. The minimum absolute atomic E-state index is 0.00650. The summed E-state index contributed by atoms with van der Waals surface area (Å²) in [5.74, 6) is -2.69. The Labute approximate surface area is 149 Å². The summed E-state index contributed by atoms with van der Waals surface area (Å²) in [7, 11) is 0. The molecule has 1 aliphatic rings. The summed E-state index contributed by atoms with van der Waals surface area (Å²) in [5, 5.41) is 2.45. The molecule has 3 rings (SSSR count). The number of ketones is 1. The normalized spacial score (nSPS) is 12.3. The maximum atomic E-state index is 12.8. The minimum atomic E-state index is -4.78. The molecule has 1 heterocycles. The van der Waals surface area contributed by atoms with Crippen molar-refractivity contribution in [3.63, 3.8) is 0 Å². The third-order valence-electron chi connectivity index (χ3n) is 3.71. The standard InChI is InChI=1S/C16H11F3N4O4/c17-16(18,19)14-22-6-10-8-2-1-7(5-9(8)12(24)11(10)23-14)13(25)21-3-4-27-15(20)26/h1-2,5-6H,3-4H2,(H2,20,26)(H,21,25). The van der Waals surface area contributed by atoms with Crippen LogP contribution in [0, 0.1) is 0 Å². The predicted octanol–water partition coefficient (Wildman–Crippen LogP) is 1.53. The molecule has 2 amide bonds. The number of hydrogen-bond donors (Lipinski definition) is 2. The Bertz CT molecular complexity index is 959. The summed E-state index contributed by atoms with van der Waals surface area (Å²) in [4.78, 5) is 41.5. The number of benzene rings is 1. The van der Waals surface area contributed by atoms with E-state index >= 15 is 0 Å². The SMILES string of the molecule is NC(=O)OCCNC(=O)c1ccc2c(c1)C(=O)c1nc(C(F)(F)F)ncc1-2. The number of nitrogens with zero attached hydrogens (tertiary/aromatic N) is 2. The number of fused-ring (bicyclic) bond motifs is 3. The second-order valence-corrected chi connectivity index (χ2v) is 5.47. The van der Waals surface area contributed by atoms with Crippen molar-refractivity contribution in [1.29, 1.82) is 0 Å². The molecule has 140 valence electrons. The highest BCUT2D eigenvalue weighted by Gasteiger charge is 2.38. The van der Waals surface area contributed by atoms with E-state index in [1.54, 1.807) is 0 Å². The van der Waals surface area contributed by atoms with Gasteiger partial charge in [0, 0.05) is 22.9 Å². The van der Waals surface area contributed by atoms with Crippen molar-refractivity contribution in [2.24, 2.45) is 5.73 Å². The fourth-order valence-electron chi connectivity index (χ4n) is 2.54. The van der Waals surface area contributed by atoms with E-state index in [-0.39, 0.29) is 35.5 Å². The molecule has 0 saturated heterocycles. The van der Waals surface area contributed by atoms with Crippen molar-refractivity contribution in [2.45, 2.75) is 6.18 Å². The molecule has 3 N–H and O–H groups in total. The fourth-order valence-corrected chi connectivity index (χ4v) is 2.54. The molecule has 0 saturated carbocycles. The third kappa shape index (κ3) is 3.57. The summed E-state index contributed by atoms with van der Waals surface area (Å²) in [6.07, 6.45) is -4.82. The minimum Gasteiger partial charge on any atom is -0.448 e. The zero-order chi connectivity index (χ0) is 19.8. The highest BCUT2D eigenvalue weighted by Crippen LogP contribution is 2.37. The zero-order valence-electron chi connectivity index (χ0n) is 13.5. The number of ether oxygens (including phenoxy) is 1. The van der Waals surface area contributed by atoms with Crippen LogP contribution in [-0.2, 0) is 10.9 Å². The number of carbonyl (C=O) groups excluding carboxylic acids is 3. The molecule has 0 unspecified atom stereocenters. The van der Waals surface area contributed by atoms with Gasteiger partial charge in [-0.2, -0.15) is 13.2 Å². The number of rotatable bonds is 4. The van der Waals surface area contributed by atoms with Crippen molar-refractivity contribution >= 4 is 17.8 Å². The molecule has 11 heteroatoms. The molecule has 0 radical (unpaired) electrons. The Morgan fingerprint density at radius 2 is 1.93 bits per heavy atom. The molecule has 0 atom stereocenters. The van der Waals surface area contributed by atoms with E-state index in [0.717, 1.165) is 6.20 Å². The van der Waals surface area contributed by atoms with Crippen LogP contribution in [0.5, 0.6) is 0 Å². The van der Waals surface area contributed by atoms with Crippen LogP contribution in [0.4, 0.5) is 18.0 Å². The average Bonchev–Trinajstić information content (AvgIpc) is 2.89. The number of halogens is 3. The van der Waals surface area contributed by atoms with E-state index in [1.807, 2.05) is 0 Å². The lowest BCUT2D eigenvalue weighted by Crippen LogP contribution is -2.29. The molecule has 27 heavy (non-hydrogen) atoms. The van der Waals surface area contributed by atoms with E-state index in [0.29, 0.717) is 5.56 Å². The quantitative estimate of drug-likeness (QED) is 0.662. The Kier molecular flexibility index (Phi) is 4.52. The molecule has 1 aliphatic carbocycles. The number of alkyl halides is 3. The lowest BCUT2D eigenvalue weighted by Gasteiger charge is -2.07. The Morgan fingerprint density at radius 1 is 1.19 bits per heavy atom. The van der Waals surface area contributed by atoms with Crippen molar-refractivity contribution < 1.29 is 32.3 Å². The molecule has 0 aliphatic heterocycles. The summed E-state index contributed by atoms with van der Waals surface area (Å²) >= 11 is 0. The summed E-state index contributed by atoms with van der Waals surface area (Å²) < 4.78 is 42.7. The Hall–Kier alpha value is -3.50. The zero-order valence-corrected chi connectivity index (χ0v) is 13.5. The first-order valence-corrected chi connectivity index (χ1v) is 7.52. The van der Waals surface area contributed by atoms with E-state index in [4.69, 9.17) is 5.73 Å². The van der Waals surface area contributed by atoms with Gasteiger partial charge in [-0.15, -0.1) is 0 Å². The molecular formula is C16H11F3N4O4. The largest absolute Gasteiger partial charge is 0.451 e. The van der Waals surface area contributed by atoms with Crippen LogP contribution in [0.25, 0.3) is 11.1 Å². The number of nitrogens with one attached hydrogen (secondary N) is 1. The van der Waals surface area contributed by atoms with Crippen LogP contribution in [0.15, 0.2) is 24.4 Å². The number of aromatic nitrogens is 2. The van der Waals surface area contributed by atoms with Crippen molar-refractivity contribution in [2.75, 3.05) is 13.2 Å². The van der Waals surface area contributed by atoms with Crippen LogP contribution >= 0.6 is 0 Å². The molecule has 0 spiro atoms. The maximum absolute atomic E-state index is 12.8. The van der Waals surface area contributed by atoms with E-state index in [2.05, 4.69) is 20.0 Å². The van der Waals surface area contributed by atoms with Gasteiger partial charge in [0.15, 0.2) is 0 Å². The third-order valence-corrected chi connectivity index (χ3v) is 3.71. The predicted molar refractivity (Wildman–Crippen MR) is 83.8 cm³/mol. The first kappa shape index (κ1) is 18.3. The number of amides is 2. The highest BCUT2D eigenvalue weighted by molar-refractivity contribution is 6.21. The lowest BCUT2D eigenvalue weighted by molar-refractivity contribution is -0.145. The molecule has 1 aromatic heterocycles. The molecule has 1 aromatic carbocycles. The maximum Gasteiger partial charge on any atom is 0.451 e. The van der Waals surface area contributed by atoms with Gasteiger partial charge in [0.25, 0.3) is 5.91 Å². The molecular weight excluding hydrogens is 369 g/mol. The van der Waals surface area contributed by atoms with Crippen molar-refractivity contribution in [3.8, 4) is 11.1 Å². The molecule has 0 fully saturated rings. The first-order chi connectivity index (χ1) is 12.7. The molecule has 0 bridgehead atoms. The van der Waals surface area contributed by atoms with Crippen LogP contribution in [0.2, 0.25) is 0 Å². The number of carbonyl (C=O) groups is 3. The summed E-state index contributed by atoms with van der Waals surface area (Å²) in [5.41, 5.74) is 5.10. The monoisotopic (exact) mass is 380 g/mol. The van der Waals surface area contributed by atoms with Crippen LogP contribution in [-0.4, -0.2) is 40.9 Å². The molecule has 8 nitrogen and oxygen atoms in total. The fraction of sp³-hybridized carbons (Fsp3) is 0.188. The number of nitrogens with two attached hydrogens (primary N) is 1. The van der Waals surface area contributed by atoms with E-state index in [9.17, 15) is 27.6 Å². The van der Waals surface area contributed by atoms with Gasteiger partial charge in [-0.1, -0.05) is 6.07 Å². The Morgan fingerprint density at radius 3 is 2.59 bits per heavy atom. The molecule has 2 aromatic rings. The second kappa shape index (κ2) is 6.67. The van der Waals surface area contributed by atoms with Gasteiger partial charge in [0.2, 0.25) is 11.6 Å². The van der Waals surface area contributed by atoms with Gasteiger partial charge in [0.1, 0.15) is 12.3 Å². The Balaban J connectivity index is 1.82. The van der Waals surface area contributed by atoms with Gasteiger partial charge in [0.05, 0.1) is 6.54 Å². The van der Waals surface area contributed by atoms with Crippen molar-refractivity contribution in [3.05, 3.63) is 47.0 Å². The van der Waals surface area contributed by atoms with Gasteiger partial charge in [-0.25, -0.2) is 14.8 Å². The number of hydrogen-bond acceptors (Lipinski definition) is 6. The van der Waals surface area contributed by atoms with Crippen LogP contribution in [0.3, 0.4) is 0 Å². The van der Waals surface area contributed by atoms with Gasteiger partial charge >= 0.3 is 12.3 Å². The highest BCUT2D eigenvalue weighted by atomic mass is 19.4.